The monoisotopic (exact) mass is 1510 g/mol. The maximum atomic E-state index is 15.9. The number of likely N-dealkylation sites (N-methyl/N-ethyl adjacent to an activating group) is 7. The average Bonchev–Trinajstić information content (AvgIpc) is 1.49. The number of alkyl halides is 3. The van der Waals surface area contributed by atoms with Crippen molar-refractivity contribution in [3.8, 4) is 0 Å². The van der Waals surface area contributed by atoms with Crippen molar-refractivity contribution in [3.63, 3.8) is 0 Å². The summed E-state index contributed by atoms with van der Waals surface area (Å²) in [7, 11) is 11.5. The van der Waals surface area contributed by atoms with Crippen LogP contribution in [0.4, 0.5) is 13.2 Å². The van der Waals surface area contributed by atoms with Gasteiger partial charge in [-0.15, -0.1) is 0 Å². The van der Waals surface area contributed by atoms with E-state index >= 15 is 43.2 Å². The fourth-order valence-corrected chi connectivity index (χ4v) is 18.6. The van der Waals surface area contributed by atoms with Crippen LogP contribution in [0.1, 0.15) is 202 Å². The van der Waals surface area contributed by atoms with Crippen molar-refractivity contribution in [1.29, 1.82) is 0 Å². The maximum Gasteiger partial charge on any atom is 0.394 e. The molecule has 0 aromatic carbocycles. The molecule has 0 radical (unpaired) electrons. The van der Waals surface area contributed by atoms with Crippen LogP contribution in [-0.4, -0.2) is 283 Å². The zero-order valence-electron chi connectivity index (χ0n) is 66.2. The van der Waals surface area contributed by atoms with Crippen molar-refractivity contribution in [2.45, 2.75) is 274 Å². The van der Waals surface area contributed by atoms with Crippen LogP contribution in [0.15, 0.2) is 12.2 Å². The maximum absolute atomic E-state index is 15.9. The highest BCUT2D eigenvalue weighted by molar-refractivity contribution is 6.01. The number of hydrogen-bond acceptors (Lipinski definition) is 14. The lowest BCUT2D eigenvalue weighted by atomic mass is 9.58. The summed E-state index contributed by atoms with van der Waals surface area (Å²) in [4.78, 5) is 196. The molecule has 3 N–H and O–H groups in total. The van der Waals surface area contributed by atoms with E-state index in [-0.39, 0.29) is 115 Å². The number of ether oxygens (including phenoxy) is 2. The number of nitrogens with zero attached hydrogens (tertiary/aromatic N) is 9. The fourth-order valence-electron chi connectivity index (χ4n) is 18.6. The van der Waals surface area contributed by atoms with Crippen molar-refractivity contribution in [3.05, 3.63) is 12.2 Å². The van der Waals surface area contributed by atoms with Crippen LogP contribution >= 0.6 is 0 Å². The molecule has 26 nitrogen and oxygen atoms in total. The number of carbonyl (C=O) groups is 12. The molecule has 3 unspecified atom stereocenters. The van der Waals surface area contributed by atoms with Gasteiger partial charge in [0.2, 0.25) is 70.9 Å². The van der Waals surface area contributed by atoms with Crippen LogP contribution in [0.25, 0.3) is 0 Å². The van der Waals surface area contributed by atoms with Crippen LogP contribution in [0, 0.1) is 40.9 Å². The van der Waals surface area contributed by atoms with E-state index in [4.69, 9.17) is 9.47 Å². The van der Waals surface area contributed by atoms with Gasteiger partial charge in [0, 0.05) is 89.1 Å². The van der Waals surface area contributed by atoms with Crippen molar-refractivity contribution in [1.82, 2.24) is 60.0 Å². The van der Waals surface area contributed by atoms with Gasteiger partial charge in [-0.25, -0.2) is 0 Å². The Morgan fingerprint density at radius 2 is 1.31 bits per heavy atom. The van der Waals surface area contributed by atoms with Gasteiger partial charge in [0.15, 0.2) is 0 Å². The molecule has 12 amide bonds. The van der Waals surface area contributed by atoms with Crippen LogP contribution in [0.3, 0.4) is 0 Å². The van der Waals surface area contributed by atoms with E-state index in [0.29, 0.717) is 70.6 Å². The number of carbonyl (C=O) groups excluding carboxylic acids is 12. The van der Waals surface area contributed by atoms with Crippen LogP contribution in [0.2, 0.25) is 0 Å². The third-order valence-electron chi connectivity index (χ3n) is 25.2. The predicted octanol–water partition coefficient (Wildman–Crippen LogP) is 6.07. The highest BCUT2D eigenvalue weighted by Crippen LogP contribution is 2.50. The molecule has 6 aliphatic heterocycles. The summed E-state index contributed by atoms with van der Waals surface area (Å²) in [5, 5.41) is 9.02. The quantitative estimate of drug-likeness (QED) is 0.148. The lowest BCUT2D eigenvalue weighted by Crippen LogP contribution is -2.71. The Hall–Kier alpha value is -6.91. The van der Waals surface area contributed by atoms with Crippen molar-refractivity contribution in [2.24, 2.45) is 40.9 Å². The summed E-state index contributed by atoms with van der Waals surface area (Å²) in [5.74, 6) is -10.6. The van der Waals surface area contributed by atoms with Gasteiger partial charge < -0.3 is 69.5 Å². The predicted molar refractivity (Wildman–Crippen MR) is 393 cm³/mol. The van der Waals surface area contributed by atoms with E-state index in [9.17, 15) is 27.6 Å². The highest BCUT2D eigenvalue weighted by atomic mass is 19.4. The van der Waals surface area contributed by atoms with E-state index in [0.717, 1.165) is 12.8 Å². The van der Waals surface area contributed by atoms with Crippen molar-refractivity contribution < 1.29 is 80.2 Å². The Bertz CT molecular complexity index is 3210. The molecule has 0 aromatic heterocycles. The smallest absolute Gasteiger partial charge is 0.381 e. The van der Waals surface area contributed by atoms with E-state index in [2.05, 4.69) is 16.0 Å². The highest BCUT2D eigenvalue weighted by Gasteiger charge is 2.60. The van der Waals surface area contributed by atoms with E-state index in [1.807, 2.05) is 33.8 Å². The topological polar surface area (TPSA) is 289 Å². The molecule has 10 aliphatic rings. The molecule has 9 fully saturated rings. The summed E-state index contributed by atoms with van der Waals surface area (Å²) < 4.78 is 54.8. The largest absolute Gasteiger partial charge is 0.394 e. The Morgan fingerprint density at radius 1 is 0.654 bits per heavy atom. The van der Waals surface area contributed by atoms with Gasteiger partial charge in [0.05, 0.1) is 37.6 Å². The molecule has 10 rings (SSSR count). The van der Waals surface area contributed by atoms with Crippen LogP contribution in [-0.2, 0) is 67.0 Å². The Kier molecular flexibility index (Phi) is 29.8. The third-order valence-corrected chi connectivity index (χ3v) is 25.2. The summed E-state index contributed by atoms with van der Waals surface area (Å²) in [5.41, 5.74) is -2.17. The number of methoxy groups -OCH3 is 1. The molecule has 107 heavy (non-hydrogen) atoms. The van der Waals surface area contributed by atoms with E-state index < -0.39 is 186 Å². The van der Waals surface area contributed by atoms with Crippen molar-refractivity contribution in [2.75, 3.05) is 95.8 Å². The first-order valence-electron chi connectivity index (χ1n) is 39.7. The number of amides is 12. The van der Waals surface area contributed by atoms with Gasteiger partial charge in [0.25, 0.3) is 0 Å². The summed E-state index contributed by atoms with van der Waals surface area (Å²) >= 11 is 0. The summed E-state index contributed by atoms with van der Waals surface area (Å²) in [6.45, 7) is 10.4. The molecule has 4 aliphatic carbocycles. The number of fused-ring (bicyclic) bond motifs is 22. The van der Waals surface area contributed by atoms with Gasteiger partial charge in [-0.3, -0.25) is 57.5 Å². The Labute approximate surface area is 631 Å². The molecular weight excluding hydrogens is 1390 g/mol. The molecule has 29 heteroatoms. The molecule has 6 heterocycles. The average molecular weight is 1510 g/mol. The summed E-state index contributed by atoms with van der Waals surface area (Å²) in [6.07, 6.45) is 4.87. The number of hydrogen-bond donors (Lipinski definition) is 3. The van der Waals surface area contributed by atoms with Gasteiger partial charge in [0.1, 0.15) is 53.9 Å². The molecule has 5 saturated heterocycles. The molecule has 4 saturated carbocycles. The lowest BCUT2D eigenvalue weighted by Gasteiger charge is -2.54. The molecular formula is C78H125F3N12O14. The number of rotatable bonds is 12. The minimum atomic E-state index is -4.52. The molecule has 0 aromatic rings. The molecule has 602 valence electrons. The standard InChI is InChI=1S/C78H125F3N12O14/c1-15-38-107-53-41-58-68(98)84-77(46-76(5,6)47-77)75(105)91(13)66(52-25-20-21-26-52)74(104)90(12)59(70(100)85(7)17-3)42-63(95)88(10)56-28-23-24-49-29-31-50(32-30-49)39-60(92-37-22-18-19-27-57(72(92)102)89(11)64(96)45-87(9)73(103)65(48(4)16-2)83-67(56)97)71(101)86(8)44-62(94)82-55(69(99)93(58)43-53)36-34-51-33-35-54(78(79,80)81)61(40-51)106-14/h18-19,48-61,65-66H,15-17,20-47H2,1-14H3,(H,82,94)(H,83,97)(H,84,98)/b19-18-/t48-,49?,50?,51?,53+,54?,55-,56-,57-,58-,59-,60-,61?,65-,66-/m0/s1. The Morgan fingerprint density at radius 3 is 1.93 bits per heavy atom. The fraction of sp³-hybridized carbons (Fsp3) is 0.821. The third kappa shape index (κ3) is 20.6. The molecule has 6 bridgehead atoms. The minimum absolute atomic E-state index is 0.0136. The second kappa shape index (κ2) is 37.2. The van der Waals surface area contributed by atoms with E-state index in [1.165, 1.54) is 93.5 Å². The van der Waals surface area contributed by atoms with Gasteiger partial charge in [-0.2, -0.15) is 13.2 Å². The molecule has 1 spiro atoms. The van der Waals surface area contributed by atoms with E-state index in [1.54, 1.807) is 27.0 Å². The first-order chi connectivity index (χ1) is 50.5. The zero-order chi connectivity index (χ0) is 78.7. The second-order valence-electron chi connectivity index (χ2n) is 33.4. The normalized spacial score (nSPS) is 32.4. The first kappa shape index (κ1) is 85.7. The molecule has 13 atom stereocenters. The number of halogens is 3. The minimum Gasteiger partial charge on any atom is -0.381 e. The van der Waals surface area contributed by atoms with Gasteiger partial charge in [-0.05, 0) is 132 Å². The van der Waals surface area contributed by atoms with Gasteiger partial charge in [-0.1, -0.05) is 105 Å². The van der Waals surface area contributed by atoms with Crippen LogP contribution in [0.5, 0.6) is 0 Å². The first-order valence-corrected chi connectivity index (χ1v) is 39.7. The van der Waals surface area contributed by atoms with Crippen molar-refractivity contribution >= 4 is 70.9 Å². The summed E-state index contributed by atoms with van der Waals surface area (Å²) in [6, 6.07) is -10.1. The van der Waals surface area contributed by atoms with Crippen LogP contribution < -0.4 is 16.0 Å². The second-order valence-corrected chi connectivity index (χ2v) is 33.4. The SMILES string of the molecule is CCCO[C@@H]1C[C@H]2C(=O)NC3(CC(C)(C)C3)C(=O)N(C)[C@@H](C3CCCC3)C(=O)N(C)[C@H](C(=O)N(C)CC)CC(=O)N(C)[C@H]3CCCC4CCC(CC4)C[C@@H](C(=O)N(C)CC(=O)N[C@@H](CCC4CCC(C(F)(F)F)C(OC)C4)C(=O)N2C1)N1CC/C=C\C[C@@H](C1=O)N(C)C(=O)CN(C)C(=O)[C@H]([C@@H](C)CC)NC3=O. The van der Waals surface area contributed by atoms with Gasteiger partial charge >= 0.3 is 6.18 Å². The number of nitrogens with one attached hydrogen (secondary N) is 3. The Balaban J connectivity index is 1.26. The lowest BCUT2D eigenvalue weighted by molar-refractivity contribution is -0.215. The zero-order valence-corrected chi connectivity index (χ0v) is 66.2.